The second kappa shape index (κ2) is 5.68. The molecular weight excluding hydrogens is 390 g/mol. The smallest absolute Gasteiger partial charge is 0.291 e. The van der Waals surface area contributed by atoms with Gasteiger partial charge >= 0.3 is 0 Å². The largest absolute Gasteiger partial charge is 0.320 e. The van der Waals surface area contributed by atoms with Crippen molar-refractivity contribution in [3.05, 3.63) is 59.1 Å². The highest BCUT2D eigenvalue weighted by Crippen LogP contribution is 2.52. The number of nitrogens with zero attached hydrogens (tertiary/aromatic N) is 1. The summed E-state index contributed by atoms with van der Waals surface area (Å²) in [5, 5.41) is 3.54. The summed E-state index contributed by atoms with van der Waals surface area (Å²) in [7, 11) is 0. The fourth-order valence-electron chi connectivity index (χ4n) is 6.26. The Hall–Kier alpha value is -2.70. The van der Waals surface area contributed by atoms with Crippen molar-refractivity contribution < 1.29 is 19.3 Å². The van der Waals surface area contributed by atoms with E-state index in [9.17, 15) is 14.4 Å². The quantitative estimate of drug-likeness (QED) is 0.700. The van der Waals surface area contributed by atoms with Crippen LogP contribution >= 0.6 is 11.6 Å². The van der Waals surface area contributed by atoms with Crippen LogP contribution in [0.25, 0.3) is 0 Å². The van der Waals surface area contributed by atoms with Crippen LogP contribution in [0.4, 0.5) is 11.4 Å². The summed E-state index contributed by atoms with van der Waals surface area (Å²) >= 11 is 5.99. The molecule has 0 aromatic heterocycles. The summed E-state index contributed by atoms with van der Waals surface area (Å²) in [4.78, 5) is 43.0. The SMILES string of the molecule is O=C1[C@H]2[C@@H](C(=O)N1c1ccc(Cl)cc1)[C@]1(C(=O)Nc3ccccc31)[NH+]1CCC[C@@H]21. The molecule has 146 valence electrons. The molecule has 4 aliphatic heterocycles. The van der Waals surface area contributed by atoms with Crippen LogP contribution in [0.2, 0.25) is 5.02 Å². The molecule has 0 radical (unpaired) electrons. The van der Waals surface area contributed by atoms with E-state index in [2.05, 4.69) is 5.32 Å². The number of para-hydroxylation sites is 1. The van der Waals surface area contributed by atoms with E-state index >= 15 is 0 Å². The predicted octanol–water partition coefficient (Wildman–Crippen LogP) is 1.35. The zero-order valence-corrected chi connectivity index (χ0v) is 16.3. The Balaban J connectivity index is 1.55. The molecule has 3 amide bonds. The minimum atomic E-state index is -1.03. The molecule has 7 heteroatoms. The van der Waals surface area contributed by atoms with Gasteiger partial charge in [0.05, 0.1) is 17.9 Å². The van der Waals surface area contributed by atoms with Gasteiger partial charge in [0.15, 0.2) is 0 Å². The number of benzene rings is 2. The van der Waals surface area contributed by atoms with Crippen LogP contribution in [0.3, 0.4) is 0 Å². The highest BCUT2D eigenvalue weighted by atomic mass is 35.5. The van der Waals surface area contributed by atoms with E-state index in [-0.39, 0.29) is 23.8 Å². The maximum absolute atomic E-state index is 13.7. The molecule has 4 heterocycles. The normalized spacial score (nSPS) is 34.5. The van der Waals surface area contributed by atoms with Gasteiger partial charge in [-0.3, -0.25) is 14.4 Å². The minimum absolute atomic E-state index is 0.0225. The molecule has 0 aliphatic carbocycles. The van der Waals surface area contributed by atoms with E-state index in [1.165, 1.54) is 4.90 Å². The molecule has 29 heavy (non-hydrogen) atoms. The highest BCUT2D eigenvalue weighted by molar-refractivity contribution is 6.31. The molecule has 0 bridgehead atoms. The fourth-order valence-corrected chi connectivity index (χ4v) is 6.39. The van der Waals surface area contributed by atoms with E-state index in [1.807, 2.05) is 24.3 Å². The fraction of sp³-hybridized carbons (Fsp3) is 0.318. The molecule has 6 nitrogen and oxygen atoms in total. The molecule has 4 aliphatic rings. The highest BCUT2D eigenvalue weighted by Gasteiger charge is 2.78. The first-order valence-electron chi connectivity index (χ1n) is 9.95. The van der Waals surface area contributed by atoms with Gasteiger partial charge < -0.3 is 10.2 Å². The zero-order valence-electron chi connectivity index (χ0n) is 15.5. The van der Waals surface area contributed by atoms with Gasteiger partial charge in [-0.2, -0.15) is 0 Å². The Labute approximate surface area is 172 Å². The summed E-state index contributed by atoms with van der Waals surface area (Å²) in [5.74, 6) is -1.80. The molecule has 2 aromatic carbocycles. The average molecular weight is 409 g/mol. The number of hydrogen-bond donors (Lipinski definition) is 2. The molecule has 2 aromatic rings. The monoisotopic (exact) mass is 408 g/mol. The van der Waals surface area contributed by atoms with Crippen molar-refractivity contribution in [2.75, 3.05) is 16.8 Å². The molecule has 0 saturated carbocycles. The van der Waals surface area contributed by atoms with Gasteiger partial charge in [0.2, 0.25) is 17.4 Å². The number of halogens is 1. The Morgan fingerprint density at radius 1 is 1.03 bits per heavy atom. The van der Waals surface area contributed by atoms with Crippen molar-refractivity contribution in [2.24, 2.45) is 11.8 Å². The number of carbonyl (C=O) groups excluding carboxylic acids is 3. The maximum Gasteiger partial charge on any atom is 0.291 e. The van der Waals surface area contributed by atoms with Crippen molar-refractivity contribution in [2.45, 2.75) is 24.4 Å². The number of imide groups is 1. The number of nitrogens with one attached hydrogen (secondary N) is 2. The van der Waals surface area contributed by atoms with Crippen molar-refractivity contribution in [1.29, 1.82) is 0 Å². The number of rotatable bonds is 1. The molecule has 3 fully saturated rings. The summed E-state index contributed by atoms with van der Waals surface area (Å²) in [6, 6.07) is 14.3. The van der Waals surface area contributed by atoms with Crippen molar-refractivity contribution in [3.63, 3.8) is 0 Å². The molecule has 1 spiro atoms. The van der Waals surface area contributed by atoms with E-state index < -0.39 is 17.4 Å². The van der Waals surface area contributed by atoms with Gasteiger partial charge in [-0.05, 0) is 30.3 Å². The van der Waals surface area contributed by atoms with Crippen LogP contribution in [-0.2, 0) is 19.9 Å². The number of hydrogen-bond acceptors (Lipinski definition) is 3. The molecule has 1 unspecified atom stereocenters. The average Bonchev–Trinajstić information content (AvgIpc) is 3.41. The summed E-state index contributed by atoms with van der Waals surface area (Å²) in [6.07, 6.45) is 1.80. The van der Waals surface area contributed by atoms with Crippen molar-refractivity contribution in [3.8, 4) is 0 Å². The van der Waals surface area contributed by atoms with E-state index in [0.717, 1.165) is 35.5 Å². The van der Waals surface area contributed by atoms with Gasteiger partial charge in [0, 0.05) is 23.4 Å². The maximum atomic E-state index is 13.7. The Morgan fingerprint density at radius 2 is 1.79 bits per heavy atom. The number of anilines is 2. The Bertz CT molecular complexity index is 1080. The molecular formula is C22H19ClN3O3+. The summed E-state index contributed by atoms with van der Waals surface area (Å²) in [6.45, 7) is 0.793. The van der Waals surface area contributed by atoms with E-state index in [4.69, 9.17) is 11.6 Å². The van der Waals surface area contributed by atoms with Gasteiger partial charge in [-0.1, -0.05) is 29.8 Å². The van der Waals surface area contributed by atoms with Crippen LogP contribution in [0.15, 0.2) is 48.5 Å². The lowest BCUT2D eigenvalue weighted by Gasteiger charge is -2.33. The van der Waals surface area contributed by atoms with E-state index in [0.29, 0.717) is 10.7 Å². The number of amides is 3. The molecule has 5 atom stereocenters. The number of fused-ring (bicyclic) bond motifs is 7. The topological polar surface area (TPSA) is 70.9 Å². The van der Waals surface area contributed by atoms with Crippen LogP contribution in [0, 0.1) is 11.8 Å². The second-order valence-electron chi connectivity index (χ2n) is 8.32. The Morgan fingerprint density at radius 3 is 2.59 bits per heavy atom. The number of quaternary nitrogens is 1. The molecule has 3 saturated heterocycles. The first kappa shape index (κ1) is 17.2. The third kappa shape index (κ3) is 1.93. The predicted molar refractivity (Wildman–Crippen MR) is 107 cm³/mol. The van der Waals surface area contributed by atoms with E-state index in [1.54, 1.807) is 24.3 Å². The summed E-state index contributed by atoms with van der Waals surface area (Å²) in [5.41, 5.74) is 1.08. The Kier molecular flexibility index (Phi) is 3.36. The lowest BCUT2D eigenvalue weighted by Crippen LogP contribution is -3.19. The third-order valence-electron chi connectivity index (χ3n) is 7.21. The molecule has 2 N–H and O–H groups in total. The lowest BCUT2D eigenvalue weighted by atomic mass is 9.75. The minimum Gasteiger partial charge on any atom is -0.320 e. The first-order chi connectivity index (χ1) is 14.0. The van der Waals surface area contributed by atoms with Crippen LogP contribution in [0.1, 0.15) is 18.4 Å². The standard InChI is InChI=1S/C22H18ClN3O3/c23-12-7-9-13(10-8-12)26-19(27)17-16-6-3-11-25(16)22(18(17)20(26)28)14-4-1-2-5-15(14)24-21(22)29/h1-2,4-5,7-10,16-18H,3,6,11H2,(H,24,29)/p+1/t16-,17+,18-,22+/m0/s1. The summed E-state index contributed by atoms with van der Waals surface area (Å²) < 4.78 is 0. The van der Waals surface area contributed by atoms with Crippen LogP contribution < -0.4 is 15.1 Å². The third-order valence-corrected chi connectivity index (χ3v) is 7.46. The number of carbonyl (C=O) groups is 3. The first-order valence-corrected chi connectivity index (χ1v) is 10.3. The molecule has 6 rings (SSSR count). The van der Waals surface area contributed by atoms with Crippen molar-refractivity contribution in [1.82, 2.24) is 0 Å². The zero-order chi connectivity index (χ0) is 19.9. The van der Waals surface area contributed by atoms with Gasteiger partial charge in [0.25, 0.3) is 5.91 Å². The van der Waals surface area contributed by atoms with Gasteiger partial charge in [-0.25, -0.2) is 4.90 Å². The van der Waals surface area contributed by atoms with Crippen molar-refractivity contribution >= 4 is 40.7 Å². The van der Waals surface area contributed by atoms with Gasteiger partial charge in [0.1, 0.15) is 17.9 Å². The second-order valence-corrected chi connectivity index (χ2v) is 8.76. The van der Waals surface area contributed by atoms with Gasteiger partial charge in [-0.15, -0.1) is 0 Å². The van der Waals surface area contributed by atoms with Crippen LogP contribution in [-0.4, -0.2) is 30.3 Å². The lowest BCUT2D eigenvalue weighted by molar-refractivity contribution is -0.948. The van der Waals surface area contributed by atoms with Crippen LogP contribution in [0.5, 0.6) is 0 Å².